The van der Waals surface area contributed by atoms with Crippen LogP contribution >= 0.6 is 11.3 Å². The van der Waals surface area contributed by atoms with Gasteiger partial charge in [0.05, 0.1) is 6.54 Å². The number of anilines is 1. The Labute approximate surface area is 124 Å². The number of urea groups is 1. The summed E-state index contributed by atoms with van der Waals surface area (Å²) in [7, 11) is 0. The molecule has 6 nitrogen and oxygen atoms in total. The summed E-state index contributed by atoms with van der Waals surface area (Å²) in [4.78, 5) is 26.3. The molecule has 0 aliphatic carbocycles. The first kappa shape index (κ1) is 14.6. The van der Waals surface area contributed by atoms with Crippen LogP contribution in [0.1, 0.15) is 21.1 Å². The van der Waals surface area contributed by atoms with Gasteiger partial charge in [0.1, 0.15) is 5.01 Å². The van der Waals surface area contributed by atoms with Crippen LogP contribution in [0.3, 0.4) is 0 Å². The fourth-order valence-corrected chi connectivity index (χ4v) is 2.22. The highest BCUT2D eigenvalue weighted by Crippen LogP contribution is 2.11. The zero-order valence-corrected chi connectivity index (χ0v) is 11.6. The molecule has 0 saturated heterocycles. The first-order valence-corrected chi connectivity index (χ1v) is 6.75. The fourth-order valence-electron chi connectivity index (χ4n) is 1.51. The Bertz CT molecular complexity index is 718. The maximum Gasteiger partial charge on any atom is 0.355 e. The van der Waals surface area contributed by atoms with E-state index in [2.05, 4.69) is 21.5 Å². The predicted molar refractivity (Wildman–Crippen MR) is 79.3 cm³/mol. The van der Waals surface area contributed by atoms with Gasteiger partial charge in [0, 0.05) is 16.6 Å². The molecule has 1 aromatic carbocycles. The topological polar surface area (TPSA) is 91.3 Å². The minimum Gasteiger partial charge on any atom is -0.476 e. The second-order valence-electron chi connectivity index (χ2n) is 3.96. The minimum atomic E-state index is -1.09. The molecule has 0 atom stereocenters. The van der Waals surface area contributed by atoms with E-state index >= 15 is 0 Å². The molecule has 3 N–H and O–H groups in total. The summed E-state index contributed by atoms with van der Waals surface area (Å²) in [6, 6.07) is 6.46. The average molecular weight is 301 g/mol. The summed E-state index contributed by atoms with van der Waals surface area (Å²) in [5, 5.41) is 15.9. The van der Waals surface area contributed by atoms with Crippen molar-refractivity contribution in [2.75, 3.05) is 5.32 Å². The van der Waals surface area contributed by atoms with E-state index in [4.69, 9.17) is 11.5 Å². The van der Waals surface area contributed by atoms with Crippen molar-refractivity contribution in [3.8, 4) is 12.3 Å². The summed E-state index contributed by atoms with van der Waals surface area (Å²) >= 11 is 1.17. The molecular weight excluding hydrogens is 290 g/mol. The molecule has 21 heavy (non-hydrogen) atoms. The molecule has 0 bridgehead atoms. The maximum absolute atomic E-state index is 11.7. The van der Waals surface area contributed by atoms with Crippen LogP contribution in [0.5, 0.6) is 0 Å². The van der Waals surface area contributed by atoms with Crippen molar-refractivity contribution in [2.24, 2.45) is 0 Å². The van der Waals surface area contributed by atoms with E-state index in [9.17, 15) is 9.59 Å². The molecule has 2 amide bonds. The Morgan fingerprint density at radius 3 is 2.90 bits per heavy atom. The highest BCUT2D eigenvalue weighted by Gasteiger charge is 2.09. The molecule has 2 aromatic rings. The Morgan fingerprint density at radius 1 is 1.43 bits per heavy atom. The van der Waals surface area contributed by atoms with Gasteiger partial charge in [0.25, 0.3) is 0 Å². The summed E-state index contributed by atoms with van der Waals surface area (Å²) in [6.45, 7) is 0.151. The van der Waals surface area contributed by atoms with Crippen LogP contribution in [0, 0.1) is 12.3 Å². The quantitative estimate of drug-likeness (QED) is 0.755. The van der Waals surface area contributed by atoms with Crippen molar-refractivity contribution in [3.05, 3.63) is 45.9 Å². The zero-order chi connectivity index (χ0) is 15.2. The van der Waals surface area contributed by atoms with Gasteiger partial charge in [0.2, 0.25) is 0 Å². The van der Waals surface area contributed by atoms with E-state index in [0.717, 1.165) is 0 Å². The van der Waals surface area contributed by atoms with E-state index in [1.807, 2.05) is 0 Å². The van der Waals surface area contributed by atoms with Crippen LogP contribution in [0.15, 0.2) is 29.6 Å². The van der Waals surface area contributed by atoms with E-state index in [-0.39, 0.29) is 12.2 Å². The number of rotatable bonds is 4. The predicted octanol–water partition coefficient (Wildman–Crippen LogP) is 2.14. The summed E-state index contributed by atoms with van der Waals surface area (Å²) in [6.07, 6.45) is 5.28. The van der Waals surface area contributed by atoms with Crippen LogP contribution in [0.2, 0.25) is 0 Å². The van der Waals surface area contributed by atoms with Crippen molar-refractivity contribution in [2.45, 2.75) is 6.54 Å². The van der Waals surface area contributed by atoms with Crippen LogP contribution in [0.25, 0.3) is 0 Å². The first-order valence-electron chi connectivity index (χ1n) is 5.87. The summed E-state index contributed by atoms with van der Waals surface area (Å²) in [5.74, 6) is 1.39. The minimum absolute atomic E-state index is 0.0288. The van der Waals surface area contributed by atoms with Gasteiger partial charge in [-0.05, 0) is 18.2 Å². The fraction of sp³-hybridized carbons (Fsp3) is 0.0714. The molecular formula is C14H11N3O3S. The monoisotopic (exact) mass is 301 g/mol. The lowest BCUT2D eigenvalue weighted by Crippen LogP contribution is -2.28. The Morgan fingerprint density at radius 2 is 2.24 bits per heavy atom. The van der Waals surface area contributed by atoms with Gasteiger partial charge in [-0.15, -0.1) is 17.8 Å². The number of carboxylic acids is 1. The molecule has 0 aliphatic heterocycles. The molecule has 0 unspecified atom stereocenters. The number of carbonyl (C=O) groups is 2. The third-order valence-corrected chi connectivity index (χ3v) is 3.31. The summed E-state index contributed by atoms with van der Waals surface area (Å²) < 4.78 is 0. The number of terminal acetylenes is 1. The number of benzene rings is 1. The van der Waals surface area contributed by atoms with Gasteiger partial charge in [-0.2, -0.15) is 0 Å². The smallest absolute Gasteiger partial charge is 0.355 e. The lowest BCUT2D eigenvalue weighted by atomic mass is 10.2. The number of hydrogen-bond donors (Lipinski definition) is 3. The first-order chi connectivity index (χ1) is 10.1. The van der Waals surface area contributed by atoms with Crippen molar-refractivity contribution >= 4 is 29.0 Å². The van der Waals surface area contributed by atoms with E-state index in [1.165, 1.54) is 16.7 Å². The lowest BCUT2D eigenvalue weighted by molar-refractivity contribution is 0.0691. The Hall–Kier alpha value is -2.85. The molecule has 0 aliphatic rings. The number of thiazole rings is 1. The maximum atomic E-state index is 11.7. The molecule has 0 radical (unpaired) electrons. The third-order valence-electron chi connectivity index (χ3n) is 2.46. The largest absolute Gasteiger partial charge is 0.476 e. The molecule has 0 saturated carbocycles. The standard InChI is InChI=1S/C14H11N3O3S/c1-2-9-4-3-5-10(6-9)16-14(20)15-7-12-17-11(8-21-12)13(18)19/h1,3-6,8H,7H2,(H,18,19)(H2,15,16,20). The van der Waals surface area contributed by atoms with Gasteiger partial charge in [-0.3, -0.25) is 0 Å². The van der Waals surface area contributed by atoms with Gasteiger partial charge in [-0.25, -0.2) is 14.6 Å². The third kappa shape index (κ3) is 4.06. The van der Waals surface area contributed by atoms with Crippen LogP contribution in [-0.4, -0.2) is 22.1 Å². The number of carbonyl (C=O) groups excluding carboxylic acids is 1. The number of nitrogens with one attached hydrogen (secondary N) is 2. The number of amides is 2. The average Bonchev–Trinajstić information content (AvgIpc) is 2.94. The number of aromatic carboxylic acids is 1. The Balaban J connectivity index is 1.89. The number of aromatic nitrogens is 1. The lowest BCUT2D eigenvalue weighted by Gasteiger charge is -2.06. The molecule has 1 heterocycles. The van der Waals surface area contributed by atoms with Crippen molar-refractivity contribution < 1.29 is 14.7 Å². The van der Waals surface area contributed by atoms with Crippen molar-refractivity contribution in [1.82, 2.24) is 10.3 Å². The van der Waals surface area contributed by atoms with E-state index in [0.29, 0.717) is 16.3 Å². The number of carboxylic acid groups (broad SMARTS) is 1. The van der Waals surface area contributed by atoms with Gasteiger partial charge < -0.3 is 15.7 Å². The highest BCUT2D eigenvalue weighted by molar-refractivity contribution is 7.09. The van der Waals surface area contributed by atoms with Crippen molar-refractivity contribution in [1.29, 1.82) is 0 Å². The van der Waals surface area contributed by atoms with E-state index < -0.39 is 12.0 Å². The molecule has 1 aromatic heterocycles. The number of nitrogens with zero attached hydrogens (tertiary/aromatic N) is 1. The van der Waals surface area contributed by atoms with Gasteiger partial charge in [-0.1, -0.05) is 12.0 Å². The van der Waals surface area contributed by atoms with Crippen molar-refractivity contribution in [3.63, 3.8) is 0 Å². The molecule has 106 valence electrons. The molecule has 0 spiro atoms. The summed E-state index contributed by atoms with van der Waals surface area (Å²) in [5.41, 5.74) is 1.21. The van der Waals surface area contributed by atoms with Crippen LogP contribution in [0.4, 0.5) is 10.5 Å². The second kappa shape index (κ2) is 6.54. The number of hydrogen-bond acceptors (Lipinski definition) is 4. The van der Waals surface area contributed by atoms with Crippen LogP contribution < -0.4 is 10.6 Å². The zero-order valence-electron chi connectivity index (χ0n) is 10.8. The molecule has 7 heteroatoms. The normalized spacial score (nSPS) is 9.67. The SMILES string of the molecule is C#Cc1cccc(NC(=O)NCc2nc(C(=O)O)cs2)c1. The van der Waals surface area contributed by atoms with Gasteiger partial charge in [0.15, 0.2) is 5.69 Å². The van der Waals surface area contributed by atoms with Crippen LogP contribution in [-0.2, 0) is 6.54 Å². The molecule has 0 fully saturated rings. The highest BCUT2D eigenvalue weighted by atomic mass is 32.1. The van der Waals surface area contributed by atoms with E-state index in [1.54, 1.807) is 24.3 Å². The molecule has 2 rings (SSSR count). The van der Waals surface area contributed by atoms with Gasteiger partial charge >= 0.3 is 12.0 Å². The second-order valence-corrected chi connectivity index (χ2v) is 4.91. The Kier molecular flexibility index (Phi) is 4.53.